The van der Waals surface area contributed by atoms with E-state index in [4.69, 9.17) is 0 Å². The molecule has 2 heterocycles. The minimum Gasteiger partial charge on any atom is -0.317 e. The lowest BCUT2D eigenvalue weighted by Crippen LogP contribution is -2.26. The van der Waals surface area contributed by atoms with Gasteiger partial charge in [-0.15, -0.1) is 0 Å². The highest BCUT2D eigenvalue weighted by molar-refractivity contribution is 5.92. The van der Waals surface area contributed by atoms with Crippen molar-refractivity contribution in [2.24, 2.45) is 0 Å². The Morgan fingerprint density at radius 2 is 1.88 bits per heavy atom. The number of hydrogen-bond acceptors (Lipinski definition) is 3. The Morgan fingerprint density at radius 3 is 2.72 bits per heavy atom. The van der Waals surface area contributed by atoms with Crippen LogP contribution in [0.3, 0.4) is 0 Å². The van der Waals surface area contributed by atoms with Crippen molar-refractivity contribution in [1.29, 1.82) is 0 Å². The monoisotopic (exact) mass is 334 g/mol. The molecule has 1 amide bonds. The number of benzene rings is 2. The zero-order valence-electron chi connectivity index (χ0n) is 14.1. The van der Waals surface area contributed by atoms with Gasteiger partial charge in [0, 0.05) is 17.7 Å². The molecule has 3 N–H and O–H groups in total. The van der Waals surface area contributed by atoms with E-state index in [0.717, 1.165) is 42.6 Å². The van der Waals surface area contributed by atoms with Gasteiger partial charge in [0.25, 0.3) is 0 Å². The van der Waals surface area contributed by atoms with Crippen LogP contribution >= 0.6 is 0 Å². The van der Waals surface area contributed by atoms with E-state index in [2.05, 4.69) is 45.1 Å². The van der Waals surface area contributed by atoms with Crippen molar-refractivity contribution in [1.82, 2.24) is 15.5 Å². The number of anilines is 1. The smallest absolute Gasteiger partial charge is 0.229 e. The first-order chi connectivity index (χ1) is 12.3. The maximum absolute atomic E-state index is 12.3. The van der Waals surface area contributed by atoms with Gasteiger partial charge in [0.05, 0.1) is 6.42 Å². The van der Waals surface area contributed by atoms with E-state index in [9.17, 15) is 4.79 Å². The summed E-state index contributed by atoms with van der Waals surface area (Å²) in [6.45, 7) is 2.07. The number of H-pyrrole nitrogens is 1. The summed E-state index contributed by atoms with van der Waals surface area (Å²) < 4.78 is 0. The van der Waals surface area contributed by atoms with Crippen molar-refractivity contribution in [2.75, 3.05) is 18.4 Å². The Bertz CT molecular complexity index is 880. The number of aromatic amines is 1. The van der Waals surface area contributed by atoms with Crippen LogP contribution in [0.5, 0.6) is 0 Å². The summed E-state index contributed by atoms with van der Waals surface area (Å²) in [5.41, 5.74) is 2.12. The molecule has 128 valence electrons. The third-order valence-electron chi connectivity index (χ3n) is 4.82. The number of fused-ring (bicyclic) bond motifs is 1. The molecule has 0 radical (unpaired) electrons. The highest BCUT2D eigenvalue weighted by atomic mass is 16.1. The number of nitrogens with zero attached hydrogens (tertiary/aromatic N) is 1. The number of carbonyl (C=O) groups excluding carboxylic acids is 1. The van der Waals surface area contributed by atoms with E-state index in [1.54, 1.807) is 0 Å². The molecule has 0 spiro atoms. The van der Waals surface area contributed by atoms with Crippen LogP contribution in [0, 0.1) is 0 Å². The normalized spacial score (nSPS) is 15.4. The maximum atomic E-state index is 12.3. The fraction of sp³-hybridized carbons (Fsp3) is 0.300. The fourth-order valence-electron chi connectivity index (χ4n) is 3.46. The van der Waals surface area contributed by atoms with Crippen LogP contribution in [0.25, 0.3) is 10.8 Å². The van der Waals surface area contributed by atoms with Crippen molar-refractivity contribution in [2.45, 2.75) is 25.2 Å². The fourth-order valence-corrected chi connectivity index (χ4v) is 3.46. The van der Waals surface area contributed by atoms with Gasteiger partial charge in [-0.2, -0.15) is 5.10 Å². The molecule has 1 aliphatic rings. The van der Waals surface area contributed by atoms with Crippen LogP contribution in [0.4, 0.5) is 5.82 Å². The largest absolute Gasteiger partial charge is 0.317 e. The van der Waals surface area contributed by atoms with Gasteiger partial charge in [-0.05, 0) is 42.3 Å². The number of rotatable bonds is 4. The lowest BCUT2D eigenvalue weighted by Gasteiger charge is -2.20. The van der Waals surface area contributed by atoms with Crippen molar-refractivity contribution in [3.8, 4) is 0 Å². The molecule has 0 atom stereocenters. The van der Waals surface area contributed by atoms with Crippen molar-refractivity contribution < 1.29 is 4.79 Å². The minimum absolute atomic E-state index is 0.0429. The molecule has 5 nitrogen and oxygen atoms in total. The Labute approximate surface area is 146 Å². The number of amides is 1. The highest BCUT2D eigenvalue weighted by Gasteiger charge is 2.18. The molecule has 0 bridgehead atoms. The van der Waals surface area contributed by atoms with Crippen LogP contribution in [0.1, 0.15) is 30.0 Å². The van der Waals surface area contributed by atoms with Crippen LogP contribution in [0.2, 0.25) is 0 Å². The van der Waals surface area contributed by atoms with Crippen molar-refractivity contribution >= 4 is 22.5 Å². The third kappa shape index (κ3) is 3.72. The van der Waals surface area contributed by atoms with Crippen LogP contribution in [0.15, 0.2) is 48.5 Å². The summed E-state index contributed by atoms with van der Waals surface area (Å²) in [5.74, 6) is 1.07. The number of carbonyl (C=O) groups is 1. The van der Waals surface area contributed by atoms with Gasteiger partial charge in [0.1, 0.15) is 0 Å². The molecule has 1 saturated heterocycles. The van der Waals surface area contributed by atoms with E-state index < -0.39 is 0 Å². The van der Waals surface area contributed by atoms with Gasteiger partial charge in [0.2, 0.25) is 5.91 Å². The molecule has 1 aliphatic heterocycles. The average Bonchev–Trinajstić information content (AvgIpc) is 3.10. The van der Waals surface area contributed by atoms with Crippen molar-refractivity contribution in [3.63, 3.8) is 0 Å². The first kappa shape index (κ1) is 15.8. The molecule has 1 fully saturated rings. The Balaban J connectivity index is 1.40. The average molecular weight is 334 g/mol. The summed E-state index contributed by atoms with van der Waals surface area (Å²) in [6, 6.07) is 16.3. The molecule has 5 heteroatoms. The van der Waals surface area contributed by atoms with Gasteiger partial charge in [-0.25, -0.2) is 0 Å². The van der Waals surface area contributed by atoms with E-state index in [1.165, 1.54) is 5.39 Å². The molecular formula is C20H22N4O. The van der Waals surface area contributed by atoms with E-state index >= 15 is 0 Å². The number of nitrogens with one attached hydrogen (secondary N) is 3. The number of hydrogen-bond donors (Lipinski definition) is 3. The second-order valence-corrected chi connectivity index (χ2v) is 6.64. The van der Waals surface area contributed by atoms with Crippen molar-refractivity contribution in [3.05, 3.63) is 59.8 Å². The van der Waals surface area contributed by atoms with Crippen LogP contribution in [-0.4, -0.2) is 29.2 Å². The lowest BCUT2D eigenvalue weighted by atomic mass is 9.95. The van der Waals surface area contributed by atoms with Gasteiger partial charge in [0.15, 0.2) is 5.82 Å². The second kappa shape index (κ2) is 7.07. The standard InChI is InChI=1S/C20H22N4O/c25-20(12-14-5-6-15-3-1-2-4-17(15)11-14)22-19-13-18(23-24-19)16-7-9-21-10-8-16/h1-6,11,13,16,21H,7-10,12H2,(H2,22,23,24,25). The zero-order valence-corrected chi connectivity index (χ0v) is 14.1. The molecule has 25 heavy (non-hydrogen) atoms. The summed E-state index contributed by atoms with van der Waals surface area (Å²) in [7, 11) is 0. The molecule has 1 aromatic heterocycles. The van der Waals surface area contributed by atoms with Gasteiger partial charge >= 0.3 is 0 Å². The molecule has 0 aliphatic carbocycles. The summed E-state index contributed by atoms with van der Waals surface area (Å²) in [6.07, 6.45) is 2.56. The first-order valence-corrected chi connectivity index (χ1v) is 8.81. The Hall–Kier alpha value is -2.66. The predicted octanol–water partition coefficient (Wildman–Crippen LogP) is 3.21. The third-order valence-corrected chi connectivity index (χ3v) is 4.82. The predicted molar refractivity (Wildman–Crippen MR) is 99.7 cm³/mol. The van der Waals surface area contributed by atoms with E-state index in [0.29, 0.717) is 18.2 Å². The number of aromatic nitrogens is 2. The summed E-state index contributed by atoms with van der Waals surface area (Å²) in [4.78, 5) is 12.3. The molecule has 0 unspecified atom stereocenters. The summed E-state index contributed by atoms with van der Waals surface area (Å²) in [5, 5.41) is 15.9. The minimum atomic E-state index is -0.0429. The number of piperidine rings is 1. The Morgan fingerprint density at radius 1 is 1.08 bits per heavy atom. The van der Waals surface area contributed by atoms with Gasteiger partial charge in [-0.1, -0.05) is 42.5 Å². The SMILES string of the molecule is O=C(Cc1ccc2ccccc2c1)Nc1cc(C2CCNCC2)[nH]n1. The topological polar surface area (TPSA) is 69.8 Å². The van der Waals surface area contributed by atoms with Gasteiger partial charge in [-0.3, -0.25) is 9.89 Å². The summed E-state index contributed by atoms with van der Waals surface area (Å²) >= 11 is 0. The van der Waals surface area contributed by atoms with Gasteiger partial charge < -0.3 is 10.6 Å². The van der Waals surface area contributed by atoms with Crippen LogP contribution < -0.4 is 10.6 Å². The quantitative estimate of drug-likeness (QED) is 0.686. The highest BCUT2D eigenvalue weighted by Crippen LogP contribution is 2.25. The zero-order chi connectivity index (χ0) is 17.1. The van der Waals surface area contributed by atoms with E-state index in [-0.39, 0.29) is 5.91 Å². The molecular weight excluding hydrogens is 312 g/mol. The molecule has 2 aromatic carbocycles. The molecule has 0 saturated carbocycles. The van der Waals surface area contributed by atoms with E-state index in [1.807, 2.05) is 24.3 Å². The second-order valence-electron chi connectivity index (χ2n) is 6.64. The molecule has 3 aromatic rings. The lowest BCUT2D eigenvalue weighted by molar-refractivity contribution is -0.115. The van der Waals surface area contributed by atoms with Crippen LogP contribution in [-0.2, 0) is 11.2 Å². The molecule has 4 rings (SSSR count). The first-order valence-electron chi connectivity index (χ1n) is 8.81. The Kier molecular flexibility index (Phi) is 4.48. The maximum Gasteiger partial charge on any atom is 0.229 e.